The van der Waals surface area contributed by atoms with E-state index in [0.29, 0.717) is 45.6 Å². The molecule has 0 bridgehead atoms. The molecule has 3 aromatic rings. The number of nitrogens with zero attached hydrogens (tertiary/aromatic N) is 2. The number of amides is 1. The summed E-state index contributed by atoms with van der Waals surface area (Å²) in [5, 5.41) is 3.47. The molecular weight excluding hydrogens is 454 g/mol. The number of methoxy groups -OCH3 is 2. The number of ether oxygens (including phenoxy) is 3. The van der Waals surface area contributed by atoms with Crippen molar-refractivity contribution in [3.05, 3.63) is 71.7 Å². The molecule has 9 heteroatoms. The van der Waals surface area contributed by atoms with Gasteiger partial charge in [-0.1, -0.05) is 13.0 Å². The lowest BCUT2D eigenvalue weighted by molar-refractivity contribution is -0.145. The number of carbonyl (C=O) groups excluding carboxylic acids is 2. The Bertz CT molecular complexity index is 1140. The first kappa shape index (κ1) is 25.0. The Morgan fingerprint density at radius 2 is 1.88 bits per heavy atom. The lowest BCUT2D eigenvalue weighted by Gasteiger charge is -2.12. The monoisotopic (exact) mass is 481 g/mol. The van der Waals surface area contributed by atoms with E-state index in [1.807, 2.05) is 25.1 Å². The summed E-state index contributed by atoms with van der Waals surface area (Å²) in [7, 11) is 3.21. The Morgan fingerprint density at radius 3 is 2.65 bits per heavy atom. The molecule has 34 heavy (non-hydrogen) atoms. The number of nitrogens with one attached hydrogen (secondary N) is 1. The first-order valence-corrected chi connectivity index (χ1v) is 11.7. The Balaban J connectivity index is 1.68. The first-order chi connectivity index (χ1) is 16.5. The van der Waals surface area contributed by atoms with Crippen LogP contribution in [0.3, 0.4) is 0 Å². The van der Waals surface area contributed by atoms with Crippen LogP contribution in [0.1, 0.15) is 41.4 Å². The molecule has 0 radical (unpaired) electrons. The summed E-state index contributed by atoms with van der Waals surface area (Å²) in [4.78, 5) is 33.2. The summed E-state index contributed by atoms with van der Waals surface area (Å²) in [5.74, 6) is 1.41. The number of anilines is 1. The van der Waals surface area contributed by atoms with Crippen molar-refractivity contribution in [3.63, 3.8) is 0 Å². The van der Waals surface area contributed by atoms with Crippen LogP contribution >= 0.6 is 11.8 Å². The fourth-order valence-electron chi connectivity index (χ4n) is 3.06. The molecule has 0 saturated heterocycles. The second kappa shape index (κ2) is 12.6. The van der Waals surface area contributed by atoms with E-state index in [9.17, 15) is 9.59 Å². The summed E-state index contributed by atoms with van der Waals surface area (Å²) in [6.07, 6.45) is 4.30. The average Bonchev–Trinajstić information content (AvgIpc) is 2.86. The third-order valence-electron chi connectivity index (χ3n) is 4.78. The number of hydrogen-bond donors (Lipinski definition) is 1. The third kappa shape index (κ3) is 6.95. The lowest BCUT2D eigenvalue weighted by Crippen LogP contribution is -2.14. The molecule has 0 atom stereocenters. The zero-order valence-electron chi connectivity index (χ0n) is 19.4. The van der Waals surface area contributed by atoms with Crippen molar-refractivity contribution in [3.8, 4) is 11.5 Å². The van der Waals surface area contributed by atoms with Crippen molar-refractivity contribution < 1.29 is 23.8 Å². The highest BCUT2D eigenvalue weighted by Crippen LogP contribution is 2.31. The van der Waals surface area contributed by atoms with Gasteiger partial charge in [-0.2, -0.15) is 0 Å². The number of esters is 1. The number of hydrogen-bond acceptors (Lipinski definition) is 8. The predicted octanol–water partition coefficient (Wildman–Crippen LogP) is 4.88. The Morgan fingerprint density at radius 1 is 1.03 bits per heavy atom. The van der Waals surface area contributed by atoms with Crippen molar-refractivity contribution >= 4 is 29.3 Å². The SMILES string of the molecule is CCCC(=O)OCc1cc(NC(=O)c2cccnc2SCc2ccc(OC)cc2OC)ccn1. The van der Waals surface area contributed by atoms with E-state index >= 15 is 0 Å². The molecule has 3 rings (SSSR count). The number of carbonyl (C=O) groups is 2. The lowest BCUT2D eigenvalue weighted by atomic mass is 10.2. The van der Waals surface area contributed by atoms with Crippen LogP contribution < -0.4 is 14.8 Å². The Hall–Kier alpha value is -3.59. The molecular formula is C25H27N3O5S. The minimum absolute atomic E-state index is 0.0558. The van der Waals surface area contributed by atoms with E-state index in [1.165, 1.54) is 11.8 Å². The maximum absolute atomic E-state index is 13.0. The highest BCUT2D eigenvalue weighted by atomic mass is 32.2. The van der Waals surface area contributed by atoms with Crippen LogP contribution in [0, 0.1) is 0 Å². The highest BCUT2D eigenvalue weighted by Gasteiger charge is 2.15. The zero-order valence-corrected chi connectivity index (χ0v) is 20.2. The van der Waals surface area contributed by atoms with Crippen molar-refractivity contribution in [2.24, 2.45) is 0 Å². The van der Waals surface area contributed by atoms with Gasteiger partial charge in [-0.05, 0) is 36.8 Å². The third-order valence-corrected chi connectivity index (χ3v) is 5.84. The topological polar surface area (TPSA) is 99.6 Å². The van der Waals surface area contributed by atoms with E-state index < -0.39 is 0 Å². The van der Waals surface area contributed by atoms with Crippen LogP contribution in [0.4, 0.5) is 5.69 Å². The van der Waals surface area contributed by atoms with Gasteiger partial charge in [-0.3, -0.25) is 14.6 Å². The van der Waals surface area contributed by atoms with Crippen LogP contribution in [0.15, 0.2) is 59.9 Å². The zero-order chi connectivity index (χ0) is 24.3. The maximum Gasteiger partial charge on any atom is 0.306 e. The summed E-state index contributed by atoms with van der Waals surface area (Å²) >= 11 is 1.44. The molecule has 1 N–H and O–H groups in total. The van der Waals surface area contributed by atoms with Gasteiger partial charge in [0.2, 0.25) is 0 Å². The van der Waals surface area contributed by atoms with Gasteiger partial charge in [0, 0.05) is 41.9 Å². The molecule has 178 valence electrons. The largest absolute Gasteiger partial charge is 0.497 e. The molecule has 0 saturated carbocycles. The van der Waals surface area contributed by atoms with Crippen LogP contribution in [0.25, 0.3) is 0 Å². The molecule has 0 spiro atoms. The molecule has 0 aliphatic carbocycles. The summed E-state index contributed by atoms with van der Waals surface area (Å²) in [6, 6.07) is 12.4. The summed E-state index contributed by atoms with van der Waals surface area (Å²) in [6.45, 7) is 1.97. The standard InChI is InChI=1S/C25H27N3O5S/c1-4-6-23(29)33-15-19-13-18(10-12-26-19)28-24(30)21-7-5-11-27-25(21)34-16-17-8-9-20(31-2)14-22(17)32-3/h5,7-14H,4,6,15-16H2,1-3H3,(H,26,28,30). The van der Waals surface area contributed by atoms with Crippen molar-refractivity contribution in [1.29, 1.82) is 0 Å². The van der Waals surface area contributed by atoms with Gasteiger partial charge in [-0.15, -0.1) is 11.8 Å². The van der Waals surface area contributed by atoms with Gasteiger partial charge in [0.15, 0.2) is 0 Å². The predicted molar refractivity (Wildman–Crippen MR) is 130 cm³/mol. The number of rotatable bonds is 11. The van der Waals surface area contributed by atoms with Gasteiger partial charge in [0.05, 0.1) is 25.5 Å². The second-order valence-electron chi connectivity index (χ2n) is 7.22. The van der Waals surface area contributed by atoms with E-state index in [0.717, 1.165) is 12.0 Å². The van der Waals surface area contributed by atoms with E-state index in [1.54, 1.807) is 50.9 Å². The van der Waals surface area contributed by atoms with Crippen LogP contribution in [-0.2, 0) is 21.9 Å². The van der Waals surface area contributed by atoms with Crippen molar-refractivity contribution in [2.75, 3.05) is 19.5 Å². The second-order valence-corrected chi connectivity index (χ2v) is 8.19. The van der Waals surface area contributed by atoms with Gasteiger partial charge >= 0.3 is 5.97 Å². The number of benzene rings is 1. The van der Waals surface area contributed by atoms with Crippen LogP contribution in [0.5, 0.6) is 11.5 Å². The first-order valence-electron chi connectivity index (χ1n) is 10.7. The fourth-order valence-corrected chi connectivity index (χ4v) is 4.04. The van der Waals surface area contributed by atoms with E-state index in [4.69, 9.17) is 14.2 Å². The minimum Gasteiger partial charge on any atom is -0.497 e. The molecule has 0 unspecified atom stereocenters. The quantitative estimate of drug-likeness (QED) is 0.306. The highest BCUT2D eigenvalue weighted by molar-refractivity contribution is 7.98. The number of thioether (sulfide) groups is 1. The van der Waals surface area contributed by atoms with Gasteiger partial charge in [0.1, 0.15) is 23.1 Å². The molecule has 8 nitrogen and oxygen atoms in total. The van der Waals surface area contributed by atoms with Gasteiger partial charge in [-0.25, -0.2) is 4.98 Å². The molecule has 0 fully saturated rings. The Labute approximate surface area is 203 Å². The fraction of sp³-hybridized carbons (Fsp3) is 0.280. The van der Waals surface area contributed by atoms with Crippen molar-refractivity contribution in [1.82, 2.24) is 9.97 Å². The Kier molecular flexibility index (Phi) is 9.28. The molecule has 2 aromatic heterocycles. The minimum atomic E-state index is -0.294. The molecule has 2 heterocycles. The smallest absolute Gasteiger partial charge is 0.306 e. The van der Waals surface area contributed by atoms with Gasteiger partial charge in [0.25, 0.3) is 5.91 Å². The van der Waals surface area contributed by atoms with Gasteiger partial charge < -0.3 is 19.5 Å². The maximum atomic E-state index is 13.0. The van der Waals surface area contributed by atoms with Crippen LogP contribution in [0.2, 0.25) is 0 Å². The molecule has 0 aliphatic heterocycles. The number of pyridine rings is 2. The normalized spacial score (nSPS) is 10.4. The molecule has 0 aliphatic rings. The van der Waals surface area contributed by atoms with Crippen LogP contribution in [-0.4, -0.2) is 36.1 Å². The summed E-state index contributed by atoms with van der Waals surface area (Å²) < 4.78 is 15.9. The molecule has 1 amide bonds. The number of aromatic nitrogens is 2. The van der Waals surface area contributed by atoms with E-state index in [-0.39, 0.29) is 18.5 Å². The van der Waals surface area contributed by atoms with E-state index in [2.05, 4.69) is 15.3 Å². The average molecular weight is 482 g/mol. The molecule has 1 aromatic carbocycles. The van der Waals surface area contributed by atoms with Crippen molar-refractivity contribution in [2.45, 2.75) is 37.2 Å². The summed E-state index contributed by atoms with van der Waals surface area (Å²) in [5.41, 5.74) is 2.52.